The molecule has 0 bridgehead atoms. The van der Waals surface area contributed by atoms with Crippen molar-refractivity contribution in [1.29, 1.82) is 0 Å². The number of para-hydroxylation sites is 1. The first-order valence-corrected chi connectivity index (χ1v) is 8.53. The average Bonchev–Trinajstić information content (AvgIpc) is 3.03. The van der Waals surface area contributed by atoms with Gasteiger partial charge in [-0.2, -0.15) is 0 Å². The highest BCUT2D eigenvalue weighted by Gasteiger charge is 2.23. The van der Waals surface area contributed by atoms with Gasteiger partial charge in [0, 0.05) is 16.5 Å². The summed E-state index contributed by atoms with van der Waals surface area (Å²) in [6, 6.07) is 12.2. The van der Waals surface area contributed by atoms with Crippen LogP contribution in [0.1, 0.15) is 40.3 Å². The van der Waals surface area contributed by atoms with Crippen molar-refractivity contribution >= 4 is 22.7 Å². The van der Waals surface area contributed by atoms with E-state index in [0.717, 1.165) is 5.39 Å². The summed E-state index contributed by atoms with van der Waals surface area (Å²) >= 11 is 0. The Balaban J connectivity index is 1.77. The van der Waals surface area contributed by atoms with Gasteiger partial charge in [-0.05, 0) is 44.2 Å². The second kappa shape index (κ2) is 8.14. The van der Waals surface area contributed by atoms with Crippen molar-refractivity contribution in [3.8, 4) is 0 Å². The molecule has 0 radical (unpaired) electrons. The van der Waals surface area contributed by atoms with Crippen LogP contribution in [0.15, 0.2) is 52.9 Å². The Hall–Kier alpha value is -2.99. The molecule has 3 aromatic rings. The second-order valence-electron chi connectivity index (χ2n) is 6.27. The third kappa shape index (κ3) is 4.41. The number of fused-ring (bicyclic) bond motifs is 1. The number of Topliss-reactive ketones (excluding diaryl/α,β-unsaturated/α-hetero) is 1. The Morgan fingerprint density at radius 3 is 2.48 bits per heavy atom. The number of carbonyl (C=O) groups excluding carboxylic acids is 2. The average molecular weight is 370 g/mol. The molecule has 0 aliphatic carbocycles. The molecule has 2 aromatic carbocycles. The Morgan fingerprint density at radius 2 is 1.78 bits per heavy atom. The third-order valence-electron chi connectivity index (χ3n) is 3.95. The summed E-state index contributed by atoms with van der Waals surface area (Å²) in [6.07, 6.45) is -0.0254. The van der Waals surface area contributed by atoms with Crippen molar-refractivity contribution in [2.75, 3.05) is 6.61 Å². The van der Waals surface area contributed by atoms with Crippen molar-refractivity contribution < 1.29 is 27.9 Å². The fraction of sp³-hybridized carbons (Fsp3) is 0.238. The van der Waals surface area contributed by atoms with Gasteiger partial charge in [0.2, 0.25) is 5.76 Å². The monoisotopic (exact) mass is 370 g/mol. The molecule has 0 aliphatic heterocycles. The molecular formula is C21H19FO5. The molecule has 1 heterocycles. The molecule has 5 nitrogen and oxygen atoms in total. The molecule has 6 heteroatoms. The largest absolute Gasteiger partial charge is 0.451 e. The number of rotatable bonds is 7. The van der Waals surface area contributed by atoms with Crippen LogP contribution in [0.4, 0.5) is 4.39 Å². The molecule has 27 heavy (non-hydrogen) atoms. The fourth-order valence-electron chi connectivity index (χ4n) is 2.57. The standard InChI is InChI=1S/C21H19FO5/c1-13(2)25-11-17-16-5-3-4-6-19(16)27-20(17)21(24)26-12-18(23)14-7-9-15(22)10-8-14/h3-10,13H,11-12H2,1-2H3. The van der Waals surface area contributed by atoms with Crippen LogP contribution in [0.2, 0.25) is 0 Å². The van der Waals surface area contributed by atoms with Crippen molar-refractivity contribution in [2.24, 2.45) is 0 Å². The molecule has 140 valence electrons. The minimum atomic E-state index is -0.746. The molecule has 0 atom stereocenters. The summed E-state index contributed by atoms with van der Waals surface area (Å²) in [5, 5.41) is 0.759. The van der Waals surface area contributed by atoms with Crippen LogP contribution in [0.3, 0.4) is 0 Å². The summed E-state index contributed by atoms with van der Waals surface area (Å²) in [5.74, 6) is -1.60. The Kier molecular flexibility index (Phi) is 5.66. The van der Waals surface area contributed by atoms with Crippen molar-refractivity contribution in [3.05, 3.63) is 71.2 Å². The molecule has 0 unspecified atom stereocenters. The maximum absolute atomic E-state index is 12.9. The van der Waals surface area contributed by atoms with Crippen molar-refractivity contribution in [2.45, 2.75) is 26.6 Å². The van der Waals surface area contributed by atoms with Crippen LogP contribution in [-0.4, -0.2) is 24.5 Å². The maximum Gasteiger partial charge on any atom is 0.375 e. The SMILES string of the molecule is CC(C)OCc1c(C(=O)OCC(=O)c2ccc(F)cc2)oc2ccccc12. The molecule has 1 aromatic heterocycles. The van der Waals surface area contributed by atoms with Gasteiger partial charge < -0.3 is 13.9 Å². The number of hydrogen-bond acceptors (Lipinski definition) is 5. The van der Waals surface area contributed by atoms with Crippen LogP contribution < -0.4 is 0 Å². The van der Waals surface area contributed by atoms with E-state index in [4.69, 9.17) is 13.9 Å². The van der Waals surface area contributed by atoms with Gasteiger partial charge in [0.25, 0.3) is 0 Å². The smallest absolute Gasteiger partial charge is 0.375 e. The number of carbonyl (C=O) groups is 2. The van der Waals surface area contributed by atoms with Gasteiger partial charge in [-0.1, -0.05) is 18.2 Å². The van der Waals surface area contributed by atoms with E-state index in [2.05, 4.69) is 0 Å². The summed E-state index contributed by atoms with van der Waals surface area (Å²) in [7, 11) is 0. The molecule has 0 saturated heterocycles. The van der Waals surface area contributed by atoms with Gasteiger partial charge in [-0.15, -0.1) is 0 Å². The van der Waals surface area contributed by atoms with E-state index in [9.17, 15) is 14.0 Å². The number of furan rings is 1. The quantitative estimate of drug-likeness (QED) is 0.451. The van der Waals surface area contributed by atoms with Crippen LogP contribution in [0.5, 0.6) is 0 Å². The van der Waals surface area contributed by atoms with Crippen LogP contribution in [-0.2, 0) is 16.1 Å². The van der Waals surface area contributed by atoms with Crippen LogP contribution in [0.25, 0.3) is 11.0 Å². The Morgan fingerprint density at radius 1 is 1.07 bits per heavy atom. The number of esters is 1. The van der Waals surface area contributed by atoms with Crippen LogP contribution in [0, 0.1) is 5.82 Å². The topological polar surface area (TPSA) is 65.7 Å². The second-order valence-corrected chi connectivity index (χ2v) is 6.27. The van der Waals surface area contributed by atoms with E-state index in [1.807, 2.05) is 26.0 Å². The van der Waals surface area contributed by atoms with E-state index in [1.54, 1.807) is 12.1 Å². The lowest BCUT2D eigenvalue weighted by Crippen LogP contribution is -2.15. The lowest BCUT2D eigenvalue weighted by Gasteiger charge is -2.08. The van der Waals surface area contributed by atoms with Crippen molar-refractivity contribution in [3.63, 3.8) is 0 Å². The van der Waals surface area contributed by atoms with E-state index in [-0.39, 0.29) is 24.0 Å². The number of benzene rings is 2. The van der Waals surface area contributed by atoms with Crippen LogP contribution >= 0.6 is 0 Å². The summed E-state index contributed by atoms with van der Waals surface area (Å²) < 4.78 is 29.3. The predicted octanol–water partition coefficient (Wildman–Crippen LogP) is 4.54. The molecule has 0 fully saturated rings. The first kappa shape index (κ1) is 18.8. The highest BCUT2D eigenvalue weighted by Crippen LogP contribution is 2.27. The van der Waals surface area contributed by atoms with E-state index in [0.29, 0.717) is 11.1 Å². The molecular weight excluding hydrogens is 351 g/mol. The number of halogens is 1. The van der Waals surface area contributed by atoms with Gasteiger partial charge in [0.15, 0.2) is 12.4 Å². The predicted molar refractivity (Wildman–Crippen MR) is 97.2 cm³/mol. The minimum absolute atomic E-state index is 0.0174. The normalized spacial score (nSPS) is 11.1. The zero-order chi connectivity index (χ0) is 19.4. The summed E-state index contributed by atoms with van der Waals surface area (Å²) in [4.78, 5) is 24.6. The van der Waals surface area contributed by atoms with Gasteiger partial charge in [0.05, 0.1) is 12.7 Å². The Labute approximate surface area is 155 Å². The first-order valence-electron chi connectivity index (χ1n) is 8.53. The van der Waals surface area contributed by atoms with E-state index >= 15 is 0 Å². The molecule has 0 amide bonds. The molecule has 0 aliphatic rings. The summed E-state index contributed by atoms with van der Waals surface area (Å²) in [5.41, 5.74) is 1.38. The zero-order valence-electron chi connectivity index (χ0n) is 15.0. The van der Waals surface area contributed by atoms with Gasteiger partial charge >= 0.3 is 5.97 Å². The highest BCUT2D eigenvalue weighted by atomic mass is 19.1. The first-order chi connectivity index (χ1) is 13.0. The lowest BCUT2D eigenvalue weighted by atomic mass is 10.1. The minimum Gasteiger partial charge on any atom is -0.451 e. The molecule has 0 spiro atoms. The van der Waals surface area contributed by atoms with Gasteiger partial charge in [-0.25, -0.2) is 9.18 Å². The third-order valence-corrected chi connectivity index (χ3v) is 3.95. The number of ketones is 1. The number of ether oxygens (including phenoxy) is 2. The fourth-order valence-corrected chi connectivity index (χ4v) is 2.57. The molecule has 0 N–H and O–H groups in total. The zero-order valence-corrected chi connectivity index (χ0v) is 15.0. The molecule has 0 saturated carbocycles. The Bertz CT molecular complexity index is 956. The van der Waals surface area contributed by atoms with Gasteiger partial charge in [0.1, 0.15) is 11.4 Å². The summed E-state index contributed by atoms with van der Waals surface area (Å²) in [6.45, 7) is 3.50. The van der Waals surface area contributed by atoms with Gasteiger partial charge in [-0.3, -0.25) is 4.79 Å². The maximum atomic E-state index is 12.9. The van der Waals surface area contributed by atoms with Crippen molar-refractivity contribution in [1.82, 2.24) is 0 Å². The lowest BCUT2D eigenvalue weighted by molar-refractivity contribution is 0.0423. The molecule has 3 rings (SSSR count). The highest BCUT2D eigenvalue weighted by molar-refractivity contribution is 6.00. The van der Waals surface area contributed by atoms with E-state index in [1.165, 1.54) is 24.3 Å². The van der Waals surface area contributed by atoms with E-state index < -0.39 is 24.2 Å². The number of hydrogen-bond donors (Lipinski definition) is 0.